The Bertz CT molecular complexity index is 928. The van der Waals surface area contributed by atoms with Gasteiger partial charge in [0.15, 0.2) is 5.65 Å². The van der Waals surface area contributed by atoms with Gasteiger partial charge in [-0.15, -0.1) is 0 Å². The van der Waals surface area contributed by atoms with E-state index in [1.807, 2.05) is 32.4 Å². The number of nitrogens with one attached hydrogen (secondary N) is 1. The Hall–Kier alpha value is -2.89. The lowest BCUT2D eigenvalue weighted by molar-refractivity contribution is 0.102. The van der Waals surface area contributed by atoms with E-state index >= 15 is 0 Å². The van der Waals surface area contributed by atoms with E-state index in [-0.39, 0.29) is 23.6 Å². The second kappa shape index (κ2) is 6.55. The molecule has 3 aromatic rings. The molecule has 0 radical (unpaired) electrons. The van der Waals surface area contributed by atoms with Gasteiger partial charge in [-0.25, -0.2) is 9.67 Å². The van der Waals surface area contributed by atoms with E-state index in [0.29, 0.717) is 22.3 Å². The SMILES string of the molecule is CC(C)c1cc(C(=O)Nc2ccccc2O)c2cnn(C(C)C)c2n1. The molecule has 1 amide bonds. The van der Waals surface area contributed by atoms with E-state index in [4.69, 9.17) is 4.98 Å². The number of aromatic hydroxyl groups is 1. The van der Waals surface area contributed by atoms with Crippen LogP contribution in [0, 0.1) is 0 Å². The number of aromatic nitrogens is 3. The van der Waals surface area contributed by atoms with Crippen LogP contribution in [0.3, 0.4) is 0 Å². The topological polar surface area (TPSA) is 80.0 Å². The lowest BCUT2D eigenvalue weighted by Crippen LogP contribution is -2.14. The van der Waals surface area contributed by atoms with Gasteiger partial charge >= 0.3 is 0 Å². The van der Waals surface area contributed by atoms with Crippen molar-refractivity contribution in [3.8, 4) is 5.75 Å². The fourth-order valence-corrected chi connectivity index (χ4v) is 2.67. The highest BCUT2D eigenvalue weighted by Gasteiger charge is 2.19. The number of hydrogen-bond donors (Lipinski definition) is 2. The van der Waals surface area contributed by atoms with Gasteiger partial charge in [-0.1, -0.05) is 26.0 Å². The van der Waals surface area contributed by atoms with Crippen molar-refractivity contribution >= 4 is 22.6 Å². The standard InChI is InChI=1S/C19H22N4O2/c1-11(2)16-9-13(14-10-20-23(12(3)4)18(14)21-16)19(25)22-15-7-5-6-8-17(15)24/h5-12,24H,1-4H3,(H,22,25). The maximum absolute atomic E-state index is 12.8. The molecule has 0 bridgehead atoms. The lowest BCUT2D eigenvalue weighted by atomic mass is 10.0. The summed E-state index contributed by atoms with van der Waals surface area (Å²) in [7, 11) is 0. The Balaban J connectivity index is 2.11. The van der Waals surface area contributed by atoms with E-state index < -0.39 is 0 Å². The van der Waals surface area contributed by atoms with Gasteiger partial charge in [-0.3, -0.25) is 4.79 Å². The number of carbonyl (C=O) groups excluding carboxylic acids is 1. The minimum absolute atomic E-state index is 0.0307. The molecule has 0 unspecified atom stereocenters. The van der Waals surface area contributed by atoms with Crippen molar-refractivity contribution in [2.24, 2.45) is 0 Å². The molecule has 3 rings (SSSR count). The van der Waals surface area contributed by atoms with Crippen LogP contribution in [0.4, 0.5) is 5.69 Å². The molecule has 0 aliphatic heterocycles. The summed E-state index contributed by atoms with van der Waals surface area (Å²) in [5.74, 6) is -0.0844. The molecule has 2 N–H and O–H groups in total. The molecule has 0 aliphatic carbocycles. The summed E-state index contributed by atoms with van der Waals surface area (Å²) in [6.07, 6.45) is 1.67. The zero-order valence-electron chi connectivity index (χ0n) is 14.8. The highest BCUT2D eigenvalue weighted by atomic mass is 16.3. The van der Waals surface area contributed by atoms with Crippen molar-refractivity contribution in [3.05, 3.63) is 47.8 Å². The van der Waals surface area contributed by atoms with Crippen LogP contribution in [0.5, 0.6) is 5.75 Å². The van der Waals surface area contributed by atoms with Crippen LogP contribution < -0.4 is 5.32 Å². The number of pyridine rings is 1. The molecular formula is C19H22N4O2. The van der Waals surface area contributed by atoms with Crippen LogP contribution in [-0.4, -0.2) is 25.8 Å². The molecule has 2 aromatic heterocycles. The molecule has 25 heavy (non-hydrogen) atoms. The van der Waals surface area contributed by atoms with Gasteiger partial charge < -0.3 is 10.4 Å². The molecule has 0 atom stereocenters. The van der Waals surface area contributed by atoms with E-state index in [1.54, 1.807) is 30.5 Å². The number of amides is 1. The molecule has 130 valence electrons. The molecular weight excluding hydrogens is 316 g/mol. The number of nitrogens with zero attached hydrogens (tertiary/aromatic N) is 3. The largest absolute Gasteiger partial charge is 0.506 e. The highest BCUT2D eigenvalue weighted by Crippen LogP contribution is 2.27. The van der Waals surface area contributed by atoms with Crippen LogP contribution in [0.2, 0.25) is 0 Å². The zero-order valence-corrected chi connectivity index (χ0v) is 14.8. The van der Waals surface area contributed by atoms with Gasteiger partial charge in [-0.05, 0) is 38.0 Å². The van der Waals surface area contributed by atoms with Gasteiger partial charge in [-0.2, -0.15) is 5.10 Å². The Kier molecular flexibility index (Phi) is 4.44. The van der Waals surface area contributed by atoms with Crippen LogP contribution in [0.1, 0.15) is 55.7 Å². The molecule has 0 saturated heterocycles. The summed E-state index contributed by atoms with van der Waals surface area (Å²) in [5.41, 5.74) is 2.41. The van der Waals surface area contributed by atoms with Crippen molar-refractivity contribution in [1.29, 1.82) is 0 Å². The number of phenols is 1. The number of anilines is 1. The van der Waals surface area contributed by atoms with Crippen LogP contribution in [0.25, 0.3) is 11.0 Å². The van der Waals surface area contributed by atoms with Gasteiger partial charge in [0.05, 0.1) is 22.8 Å². The second-order valence-corrected chi connectivity index (χ2v) is 6.64. The first kappa shape index (κ1) is 17.0. The van der Waals surface area contributed by atoms with Crippen LogP contribution in [0.15, 0.2) is 36.5 Å². The van der Waals surface area contributed by atoms with E-state index in [0.717, 1.165) is 5.69 Å². The van der Waals surface area contributed by atoms with Crippen molar-refractivity contribution in [2.45, 2.75) is 39.7 Å². The quantitative estimate of drug-likeness (QED) is 0.702. The molecule has 6 heteroatoms. The van der Waals surface area contributed by atoms with Gasteiger partial charge in [0.2, 0.25) is 0 Å². The first-order valence-electron chi connectivity index (χ1n) is 8.36. The second-order valence-electron chi connectivity index (χ2n) is 6.64. The monoisotopic (exact) mass is 338 g/mol. The molecule has 0 fully saturated rings. The summed E-state index contributed by atoms with van der Waals surface area (Å²) in [6, 6.07) is 8.60. The predicted molar refractivity (Wildman–Crippen MR) is 98.1 cm³/mol. The molecule has 1 aromatic carbocycles. The fraction of sp³-hybridized carbons (Fsp3) is 0.316. The Morgan fingerprint density at radius 3 is 2.56 bits per heavy atom. The smallest absolute Gasteiger partial charge is 0.256 e. The summed E-state index contributed by atoms with van der Waals surface area (Å²) in [5, 5.41) is 17.8. The third kappa shape index (κ3) is 3.20. The average molecular weight is 338 g/mol. The number of benzene rings is 1. The number of para-hydroxylation sites is 2. The molecule has 0 spiro atoms. The van der Waals surface area contributed by atoms with Gasteiger partial charge in [0.25, 0.3) is 5.91 Å². The number of hydrogen-bond acceptors (Lipinski definition) is 4. The van der Waals surface area contributed by atoms with Crippen molar-refractivity contribution in [2.75, 3.05) is 5.32 Å². The maximum atomic E-state index is 12.8. The Labute approximate surface area is 146 Å². The highest BCUT2D eigenvalue weighted by molar-refractivity contribution is 6.12. The number of fused-ring (bicyclic) bond motifs is 1. The van der Waals surface area contributed by atoms with E-state index in [2.05, 4.69) is 10.4 Å². The van der Waals surface area contributed by atoms with Crippen molar-refractivity contribution in [1.82, 2.24) is 14.8 Å². The normalized spacial score (nSPS) is 11.4. The minimum Gasteiger partial charge on any atom is -0.506 e. The average Bonchev–Trinajstić information content (AvgIpc) is 3.00. The van der Waals surface area contributed by atoms with E-state index in [9.17, 15) is 9.90 Å². The minimum atomic E-state index is -0.292. The third-order valence-corrected chi connectivity index (χ3v) is 4.06. The lowest BCUT2D eigenvalue weighted by Gasteiger charge is -2.12. The van der Waals surface area contributed by atoms with Crippen LogP contribution in [-0.2, 0) is 0 Å². The van der Waals surface area contributed by atoms with Crippen LogP contribution >= 0.6 is 0 Å². The number of carbonyl (C=O) groups is 1. The van der Waals surface area contributed by atoms with Gasteiger partial charge in [0.1, 0.15) is 5.75 Å². The number of phenolic OH excluding ortho intramolecular Hbond substituents is 1. The summed E-state index contributed by atoms with van der Waals surface area (Å²) >= 11 is 0. The zero-order chi connectivity index (χ0) is 18.1. The molecule has 0 saturated carbocycles. The number of rotatable bonds is 4. The predicted octanol–water partition coefficient (Wildman–Crippen LogP) is 4.09. The molecule has 2 heterocycles. The summed E-state index contributed by atoms with van der Waals surface area (Å²) in [6.45, 7) is 8.12. The first-order valence-corrected chi connectivity index (χ1v) is 8.36. The Morgan fingerprint density at radius 1 is 1.20 bits per heavy atom. The van der Waals surface area contributed by atoms with Crippen molar-refractivity contribution < 1.29 is 9.90 Å². The van der Waals surface area contributed by atoms with Crippen molar-refractivity contribution in [3.63, 3.8) is 0 Å². The van der Waals surface area contributed by atoms with Gasteiger partial charge in [0, 0.05) is 11.7 Å². The fourth-order valence-electron chi connectivity index (χ4n) is 2.67. The summed E-state index contributed by atoms with van der Waals surface area (Å²) in [4.78, 5) is 17.5. The maximum Gasteiger partial charge on any atom is 0.256 e. The molecule has 6 nitrogen and oxygen atoms in total. The Morgan fingerprint density at radius 2 is 1.92 bits per heavy atom. The molecule has 0 aliphatic rings. The van der Waals surface area contributed by atoms with E-state index in [1.165, 1.54) is 6.07 Å². The third-order valence-electron chi connectivity index (χ3n) is 4.06. The first-order chi connectivity index (χ1) is 11.9. The summed E-state index contributed by atoms with van der Waals surface area (Å²) < 4.78 is 1.82.